The smallest absolute Gasteiger partial charge is 0.263 e. The number of aryl methyl sites for hydroxylation is 1. The molecule has 0 amide bonds. The molecule has 4 aromatic heterocycles. The summed E-state index contributed by atoms with van der Waals surface area (Å²) in [6.07, 6.45) is 0. The number of aromatic nitrogens is 2. The van der Waals surface area contributed by atoms with Crippen molar-refractivity contribution < 1.29 is 13.6 Å². The van der Waals surface area contributed by atoms with Crippen molar-refractivity contribution in [3.63, 3.8) is 0 Å². The second kappa shape index (κ2) is 15.9. The lowest BCUT2D eigenvalue weighted by atomic mass is 9.35. The molecule has 2 aliphatic heterocycles. The third-order valence-electron chi connectivity index (χ3n) is 16.8. The number of para-hydroxylation sites is 5. The quantitative estimate of drug-likeness (QED) is 0.165. The third kappa shape index (κ3) is 5.94. The Morgan fingerprint density at radius 2 is 0.936 bits per heavy atom. The zero-order chi connectivity index (χ0) is 51.7. The molecule has 78 heavy (non-hydrogen) atoms. The van der Waals surface area contributed by atoms with Gasteiger partial charge < -0.3 is 22.7 Å². The van der Waals surface area contributed by atoms with E-state index in [0.717, 1.165) is 148 Å². The Hall–Kier alpha value is -9.17. The minimum atomic E-state index is -0.380. The van der Waals surface area contributed by atoms with Crippen LogP contribution in [0.2, 0.25) is 0 Å². The average molecular weight is 1020 g/mol. The van der Waals surface area contributed by atoms with E-state index in [2.05, 4.69) is 249 Å². The molecule has 0 spiro atoms. The molecule has 0 saturated carbocycles. The molecule has 0 N–H and O–H groups in total. The molecular weight excluding hydrogens is 972 g/mol. The van der Waals surface area contributed by atoms with E-state index in [1.165, 1.54) is 21.9 Å². The largest absolute Gasteiger partial charge is 0.457 e. The van der Waals surface area contributed by atoms with Crippen LogP contribution in [-0.2, 0) is 5.41 Å². The Bertz CT molecular complexity index is 5060. The number of fused-ring (bicyclic) bond motifs is 22. The zero-order valence-electron chi connectivity index (χ0n) is 43.3. The summed E-state index contributed by atoms with van der Waals surface area (Å²) in [7, 11) is 0. The van der Waals surface area contributed by atoms with Crippen LogP contribution in [0.4, 0.5) is 0 Å². The van der Waals surface area contributed by atoms with Crippen molar-refractivity contribution >= 4 is 122 Å². The van der Waals surface area contributed by atoms with Crippen molar-refractivity contribution in [1.82, 2.24) is 9.13 Å². The number of furan rings is 2. The predicted molar refractivity (Wildman–Crippen MR) is 326 cm³/mol. The summed E-state index contributed by atoms with van der Waals surface area (Å²) in [5, 5.41) is 8.92. The van der Waals surface area contributed by atoms with Gasteiger partial charge >= 0.3 is 0 Å². The fraction of sp³-hybridized carbons (Fsp3) is 0.0704. The first-order valence-electron chi connectivity index (χ1n) is 26.9. The highest BCUT2D eigenvalue weighted by Gasteiger charge is 2.47. The Morgan fingerprint density at radius 3 is 1.53 bits per heavy atom. The maximum atomic E-state index is 7.79. The molecule has 17 rings (SSSR count). The van der Waals surface area contributed by atoms with Crippen LogP contribution in [0.1, 0.15) is 31.9 Å². The predicted octanol–water partition coefficient (Wildman–Crippen LogP) is 17.7. The van der Waals surface area contributed by atoms with Crippen molar-refractivity contribution in [3.05, 3.63) is 223 Å². The molecule has 7 heteroatoms. The molecule has 0 radical (unpaired) electrons. The van der Waals surface area contributed by atoms with E-state index >= 15 is 0 Å². The topological polar surface area (TPSA) is 45.4 Å². The fourth-order valence-corrected chi connectivity index (χ4v) is 14.9. The summed E-state index contributed by atoms with van der Waals surface area (Å²) in [6.45, 7) is 8.66. The maximum Gasteiger partial charge on any atom is 0.263 e. The summed E-state index contributed by atoms with van der Waals surface area (Å²) in [6, 6.07) is 77.2. The molecule has 11 aromatic carbocycles. The first-order valence-corrected chi connectivity index (χ1v) is 27.8. The Labute approximate surface area is 454 Å². The fourth-order valence-electron chi connectivity index (χ4n) is 13.5. The molecule has 6 heterocycles. The monoisotopic (exact) mass is 1020 g/mol. The lowest BCUT2D eigenvalue weighted by molar-refractivity contribution is 0.489. The van der Waals surface area contributed by atoms with Gasteiger partial charge in [-0.1, -0.05) is 196 Å². The molecule has 0 saturated heterocycles. The molecule has 5 nitrogen and oxygen atoms in total. The normalized spacial score (nSPS) is 13.2. The van der Waals surface area contributed by atoms with Gasteiger partial charge in [-0.3, -0.25) is 0 Å². The molecule has 368 valence electrons. The minimum absolute atomic E-state index is 0.0346. The second-order valence-electron chi connectivity index (χ2n) is 22.3. The van der Waals surface area contributed by atoms with Gasteiger partial charge in [0, 0.05) is 80.8 Å². The van der Waals surface area contributed by atoms with Crippen LogP contribution in [0.15, 0.2) is 231 Å². The van der Waals surface area contributed by atoms with Crippen LogP contribution in [0.25, 0.3) is 121 Å². The summed E-state index contributed by atoms with van der Waals surface area (Å²) in [5.74, 6) is 1.64. The van der Waals surface area contributed by atoms with Gasteiger partial charge in [0.25, 0.3) is 6.71 Å². The van der Waals surface area contributed by atoms with Gasteiger partial charge in [-0.25, -0.2) is 0 Å². The summed E-state index contributed by atoms with van der Waals surface area (Å²) >= 11 is 1.84. The number of ether oxygens (including phenoxy) is 1. The van der Waals surface area contributed by atoms with Gasteiger partial charge in [-0.15, -0.1) is 0 Å². The van der Waals surface area contributed by atoms with Crippen molar-refractivity contribution in [2.24, 2.45) is 0 Å². The van der Waals surface area contributed by atoms with Crippen LogP contribution in [0.3, 0.4) is 0 Å². The van der Waals surface area contributed by atoms with Gasteiger partial charge in [-0.2, -0.15) is 0 Å². The number of rotatable bonds is 4. The van der Waals surface area contributed by atoms with Crippen LogP contribution in [-0.4, -0.2) is 15.8 Å². The molecule has 0 aliphatic carbocycles. The highest BCUT2D eigenvalue weighted by molar-refractivity contribution is 8.00. The van der Waals surface area contributed by atoms with E-state index in [1.807, 2.05) is 11.8 Å². The van der Waals surface area contributed by atoms with Crippen molar-refractivity contribution in [3.8, 4) is 45.1 Å². The number of nitrogens with zero attached hydrogens (tertiary/aromatic N) is 2. The highest BCUT2D eigenvalue weighted by atomic mass is 32.2. The highest BCUT2D eigenvalue weighted by Crippen LogP contribution is 2.53. The third-order valence-corrected chi connectivity index (χ3v) is 18.0. The standard InChI is InChI=1S/C71H47BN2O3S/c1-40-38-54-60-55(39-40)78-70-62(68-59(49-27-15-17-33-53(49)76-68)57-51-31-19-29-47(42-22-10-6-11-23-42)64(51)74(66(57)70)44-24-12-7-13-25-44)72(60)61-67-58(48-26-14-16-32-52(48)75-67)56-50-30-18-28-46(41-20-8-5-9-21-41)63(50)73(65(56)69(61)77-54)45-36-34-43(35-37-45)71(2,3)4/h5-39H,1-4H3. The number of hydrogen-bond acceptors (Lipinski definition) is 4. The summed E-state index contributed by atoms with van der Waals surface area (Å²) in [4.78, 5) is 2.32. The van der Waals surface area contributed by atoms with Crippen LogP contribution >= 0.6 is 11.8 Å². The molecule has 15 aromatic rings. The molecule has 0 fully saturated rings. The van der Waals surface area contributed by atoms with E-state index in [9.17, 15) is 0 Å². The average Bonchev–Trinajstić information content (AvgIpc) is 3.20. The second-order valence-corrected chi connectivity index (χ2v) is 23.3. The zero-order valence-corrected chi connectivity index (χ0v) is 44.1. The Kier molecular flexibility index (Phi) is 9.00. The first kappa shape index (κ1) is 44.0. The van der Waals surface area contributed by atoms with E-state index in [-0.39, 0.29) is 12.1 Å². The SMILES string of the molecule is Cc1cc2c3c(c1)Sc1c(c4oc5ccccc5c4c4c5cccc(-c6ccccc6)c5n(-c5ccccc5)c14)B3c1c(c3c(c4cccc(-c5ccccc5)c4n3-c3ccc(C(C)(C)C)cc3)c3c1oc1ccccc13)O2. The molecule has 0 unspecified atom stereocenters. The lowest BCUT2D eigenvalue weighted by Gasteiger charge is -2.34. The van der Waals surface area contributed by atoms with E-state index in [4.69, 9.17) is 13.6 Å². The Morgan fingerprint density at radius 1 is 0.436 bits per heavy atom. The van der Waals surface area contributed by atoms with Crippen molar-refractivity contribution in [2.75, 3.05) is 0 Å². The van der Waals surface area contributed by atoms with Crippen LogP contribution in [0, 0.1) is 6.92 Å². The van der Waals surface area contributed by atoms with Crippen molar-refractivity contribution in [2.45, 2.75) is 42.9 Å². The van der Waals surface area contributed by atoms with E-state index < -0.39 is 0 Å². The van der Waals surface area contributed by atoms with Gasteiger partial charge in [0.15, 0.2) is 5.75 Å². The number of hydrogen-bond donors (Lipinski definition) is 0. The summed E-state index contributed by atoms with van der Waals surface area (Å²) < 4.78 is 27.8. The molecule has 0 bridgehead atoms. The lowest BCUT2D eigenvalue weighted by Crippen LogP contribution is -2.58. The van der Waals surface area contributed by atoms with Gasteiger partial charge in [0.2, 0.25) is 0 Å². The van der Waals surface area contributed by atoms with E-state index in [0.29, 0.717) is 0 Å². The molecular formula is C71H47BN2O3S. The van der Waals surface area contributed by atoms with Gasteiger partial charge in [0.1, 0.15) is 28.1 Å². The first-order chi connectivity index (χ1) is 38.3. The van der Waals surface area contributed by atoms with Crippen molar-refractivity contribution in [1.29, 1.82) is 0 Å². The van der Waals surface area contributed by atoms with Gasteiger partial charge in [0.05, 0.1) is 22.1 Å². The van der Waals surface area contributed by atoms with Crippen LogP contribution in [0.5, 0.6) is 11.5 Å². The molecule has 2 aliphatic rings. The summed E-state index contributed by atoms with van der Waals surface area (Å²) in [5.41, 5.74) is 20.2. The maximum absolute atomic E-state index is 7.79. The number of benzene rings is 11. The van der Waals surface area contributed by atoms with Crippen LogP contribution < -0.4 is 21.1 Å². The minimum Gasteiger partial charge on any atom is -0.457 e. The Balaban J connectivity index is 1.11. The molecule has 0 atom stereocenters. The van der Waals surface area contributed by atoms with E-state index in [1.54, 1.807) is 0 Å². The van der Waals surface area contributed by atoms with Gasteiger partial charge in [-0.05, 0) is 94.0 Å².